The predicted octanol–water partition coefficient (Wildman–Crippen LogP) is 3.61. The minimum atomic E-state index is 0.542. The van der Waals surface area contributed by atoms with Crippen LogP contribution in [0.25, 0.3) is 22.5 Å². The number of rotatable bonds is 8. The molecular formula is C26H31N9. The van der Waals surface area contributed by atoms with E-state index in [1.54, 1.807) is 12.4 Å². The largest absolute Gasteiger partial charge is 0.388 e. The summed E-state index contributed by atoms with van der Waals surface area (Å²) in [6.45, 7) is 8.00. The van der Waals surface area contributed by atoms with Gasteiger partial charge in [0.2, 0.25) is 5.95 Å². The summed E-state index contributed by atoms with van der Waals surface area (Å²) in [4.78, 5) is 16.0. The Morgan fingerprint density at radius 2 is 1.97 bits per heavy atom. The molecule has 35 heavy (non-hydrogen) atoms. The first-order valence-electron chi connectivity index (χ1n) is 12.1. The third-order valence-electron chi connectivity index (χ3n) is 6.19. The number of piperazine rings is 1. The van der Waals surface area contributed by atoms with E-state index in [-0.39, 0.29) is 0 Å². The van der Waals surface area contributed by atoms with Crippen LogP contribution in [0.3, 0.4) is 0 Å². The lowest BCUT2D eigenvalue weighted by Gasteiger charge is -2.28. The fraction of sp³-hybridized carbons (Fsp3) is 0.308. The average Bonchev–Trinajstić information content (AvgIpc) is 3.36. The minimum Gasteiger partial charge on any atom is -0.388 e. The van der Waals surface area contributed by atoms with E-state index in [1.165, 1.54) is 5.56 Å². The van der Waals surface area contributed by atoms with Crippen molar-refractivity contribution in [3.8, 4) is 22.5 Å². The SMILES string of the molecule is CCn1cc(-c2ccnc(Nc3ccc(CN4CCNCC4)c(NC)c3)n2)c(-c2cccnc2)n1. The summed E-state index contributed by atoms with van der Waals surface area (Å²) in [5.74, 6) is 0.542. The van der Waals surface area contributed by atoms with Gasteiger partial charge in [-0.25, -0.2) is 9.97 Å². The number of pyridine rings is 1. The monoisotopic (exact) mass is 469 g/mol. The van der Waals surface area contributed by atoms with E-state index < -0.39 is 0 Å². The van der Waals surface area contributed by atoms with Crippen LogP contribution in [-0.2, 0) is 13.1 Å². The fourth-order valence-corrected chi connectivity index (χ4v) is 4.32. The van der Waals surface area contributed by atoms with Crippen molar-refractivity contribution in [3.63, 3.8) is 0 Å². The highest BCUT2D eigenvalue weighted by molar-refractivity contribution is 5.78. The zero-order valence-electron chi connectivity index (χ0n) is 20.2. The van der Waals surface area contributed by atoms with Crippen molar-refractivity contribution in [1.29, 1.82) is 0 Å². The third-order valence-corrected chi connectivity index (χ3v) is 6.19. The Labute approximate surface area is 205 Å². The number of aryl methyl sites for hydroxylation is 1. The number of nitrogens with zero attached hydrogens (tertiary/aromatic N) is 6. The van der Waals surface area contributed by atoms with Gasteiger partial charge in [0.15, 0.2) is 0 Å². The number of hydrogen-bond donors (Lipinski definition) is 3. The summed E-state index contributed by atoms with van der Waals surface area (Å²) in [5.41, 5.74) is 6.90. The molecule has 1 aliphatic rings. The summed E-state index contributed by atoms with van der Waals surface area (Å²) in [6, 6.07) is 12.2. The molecule has 0 spiro atoms. The van der Waals surface area contributed by atoms with Gasteiger partial charge in [-0.1, -0.05) is 6.07 Å². The highest BCUT2D eigenvalue weighted by atomic mass is 15.3. The summed E-state index contributed by atoms with van der Waals surface area (Å²) >= 11 is 0. The smallest absolute Gasteiger partial charge is 0.227 e. The van der Waals surface area contributed by atoms with Gasteiger partial charge in [0, 0.05) is 93.6 Å². The number of hydrogen-bond acceptors (Lipinski definition) is 8. The van der Waals surface area contributed by atoms with Gasteiger partial charge in [0.25, 0.3) is 0 Å². The molecule has 4 heterocycles. The minimum absolute atomic E-state index is 0.542. The summed E-state index contributed by atoms with van der Waals surface area (Å²) in [7, 11) is 1.96. The van der Waals surface area contributed by atoms with Crippen LogP contribution in [0.2, 0.25) is 0 Å². The van der Waals surface area contributed by atoms with E-state index in [4.69, 9.17) is 10.1 Å². The molecule has 1 saturated heterocycles. The molecule has 1 aliphatic heterocycles. The molecule has 0 saturated carbocycles. The van der Waals surface area contributed by atoms with Gasteiger partial charge in [-0.2, -0.15) is 5.10 Å². The standard InChI is InChI=1S/C26H31N9/c1-3-35-18-22(25(33-35)19-5-4-9-29-16-19)23-8-10-30-26(32-23)31-21-7-6-20(24(15-21)27-2)17-34-13-11-28-12-14-34/h4-10,15-16,18,27-28H,3,11-14,17H2,1-2H3,(H,30,31,32). The molecule has 1 fully saturated rings. The van der Waals surface area contributed by atoms with Crippen molar-refractivity contribution >= 4 is 17.3 Å². The second-order valence-electron chi connectivity index (χ2n) is 8.53. The lowest BCUT2D eigenvalue weighted by molar-refractivity contribution is 0.233. The molecular weight excluding hydrogens is 438 g/mol. The molecule has 0 radical (unpaired) electrons. The molecule has 4 aromatic rings. The molecule has 9 nitrogen and oxygen atoms in total. The Kier molecular flexibility index (Phi) is 6.97. The van der Waals surface area contributed by atoms with Crippen LogP contribution in [0.5, 0.6) is 0 Å². The van der Waals surface area contributed by atoms with Crippen molar-refractivity contribution in [1.82, 2.24) is 34.9 Å². The first-order valence-corrected chi connectivity index (χ1v) is 12.1. The van der Waals surface area contributed by atoms with E-state index in [2.05, 4.69) is 55.9 Å². The normalized spacial score (nSPS) is 14.1. The van der Waals surface area contributed by atoms with Gasteiger partial charge in [-0.3, -0.25) is 14.6 Å². The molecule has 0 unspecified atom stereocenters. The molecule has 1 aromatic carbocycles. The van der Waals surface area contributed by atoms with Crippen LogP contribution in [-0.4, -0.2) is 62.9 Å². The molecule has 5 rings (SSSR count). The summed E-state index contributed by atoms with van der Waals surface area (Å²) < 4.78 is 1.92. The number of nitrogens with one attached hydrogen (secondary N) is 3. The lowest BCUT2D eigenvalue weighted by atomic mass is 10.1. The molecule has 0 aliphatic carbocycles. The van der Waals surface area contributed by atoms with Crippen LogP contribution in [0.15, 0.2) is 61.2 Å². The van der Waals surface area contributed by atoms with E-state index in [1.807, 2.05) is 42.3 Å². The van der Waals surface area contributed by atoms with Gasteiger partial charge >= 0.3 is 0 Å². The van der Waals surface area contributed by atoms with E-state index in [9.17, 15) is 0 Å². The van der Waals surface area contributed by atoms with Gasteiger partial charge < -0.3 is 16.0 Å². The van der Waals surface area contributed by atoms with Crippen molar-refractivity contribution in [2.45, 2.75) is 20.0 Å². The van der Waals surface area contributed by atoms with Crippen LogP contribution in [0.4, 0.5) is 17.3 Å². The third kappa shape index (κ3) is 5.31. The zero-order chi connectivity index (χ0) is 24.0. The maximum atomic E-state index is 4.81. The number of aromatic nitrogens is 5. The molecule has 0 bridgehead atoms. The molecule has 0 amide bonds. The highest BCUT2D eigenvalue weighted by Gasteiger charge is 2.16. The van der Waals surface area contributed by atoms with Crippen molar-refractivity contribution in [3.05, 3.63) is 66.7 Å². The maximum absolute atomic E-state index is 4.81. The van der Waals surface area contributed by atoms with E-state index in [0.717, 1.165) is 73.2 Å². The Balaban J connectivity index is 1.39. The van der Waals surface area contributed by atoms with Gasteiger partial charge in [0.1, 0.15) is 5.69 Å². The van der Waals surface area contributed by atoms with Crippen LogP contribution in [0.1, 0.15) is 12.5 Å². The molecule has 0 atom stereocenters. The van der Waals surface area contributed by atoms with E-state index in [0.29, 0.717) is 5.95 Å². The second-order valence-corrected chi connectivity index (χ2v) is 8.53. The number of benzene rings is 1. The van der Waals surface area contributed by atoms with Gasteiger partial charge in [0.05, 0.1) is 5.69 Å². The zero-order valence-corrected chi connectivity index (χ0v) is 20.2. The first kappa shape index (κ1) is 22.9. The Hall–Kier alpha value is -3.82. The molecule has 3 aromatic heterocycles. The Bertz CT molecular complexity index is 1260. The van der Waals surface area contributed by atoms with Gasteiger partial charge in [-0.15, -0.1) is 0 Å². The Morgan fingerprint density at radius 3 is 2.74 bits per heavy atom. The summed E-state index contributed by atoms with van der Waals surface area (Å²) in [5, 5.41) is 14.9. The average molecular weight is 470 g/mol. The van der Waals surface area contributed by atoms with Crippen LogP contribution < -0.4 is 16.0 Å². The van der Waals surface area contributed by atoms with Gasteiger partial charge in [-0.05, 0) is 42.8 Å². The highest BCUT2D eigenvalue weighted by Crippen LogP contribution is 2.30. The topological polar surface area (TPSA) is 95.8 Å². The van der Waals surface area contributed by atoms with Crippen LogP contribution >= 0.6 is 0 Å². The first-order chi connectivity index (χ1) is 17.2. The predicted molar refractivity (Wildman–Crippen MR) is 140 cm³/mol. The van der Waals surface area contributed by atoms with Crippen molar-refractivity contribution in [2.75, 3.05) is 43.9 Å². The van der Waals surface area contributed by atoms with E-state index >= 15 is 0 Å². The second kappa shape index (κ2) is 10.6. The quantitative estimate of drug-likeness (QED) is 0.360. The number of anilines is 3. The van der Waals surface area contributed by atoms with Crippen molar-refractivity contribution in [2.24, 2.45) is 0 Å². The molecule has 3 N–H and O–H groups in total. The summed E-state index contributed by atoms with van der Waals surface area (Å²) in [6.07, 6.45) is 7.39. The fourth-order valence-electron chi connectivity index (χ4n) is 4.32. The molecule has 9 heteroatoms. The van der Waals surface area contributed by atoms with Crippen molar-refractivity contribution < 1.29 is 0 Å². The maximum Gasteiger partial charge on any atom is 0.227 e. The van der Waals surface area contributed by atoms with Crippen LogP contribution in [0, 0.1) is 0 Å². The Morgan fingerprint density at radius 1 is 1.09 bits per heavy atom. The molecule has 180 valence electrons. The lowest BCUT2D eigenvalue weighted by Crippen LogP contribution is -2.42.